The third kappa shape index (κ3) is 6.71. The van der Waals surface area contributed by atoms with E-state index in [1.165, 1.54) is 24.0 Å². The van der Waals surface area contributed by atoms with Gasteiger partial charge in [-0.2, -0.15) is 0 Å². The van der Waals surface area contributed by atoms with Crippen molar-refractivity contribution in [1.82, 2.24) is 5.32 Å². The number of carbonyl (C=O) groups is 2. The van der Waals surface area contributed by atoms with Gasteiger partial charge >= 0.3 is 0 Å². The highest BCUT2D eigenvalue weighted by atomic mass is 16.2. The molecule has 0 spiro atoms. The van der Waals surface area contributed by atoms with Crippen LogP contribution in [0.4, 0.5) is 5.69 Å². The first kappa shape index (κ1) is 22.6. The maximum atomic E-state index is 12.6. The minimum absolute atomic E-state index is 0.0770. The minimum atomic E-state index is -0.488. The van der Waals surface area contributed by atoms with Crippen molar-refractivity contribution in [3.63, 3.8) is 0 Å². The number of hydrogen-bond donors (Lipinski definition) is 3. The number of primary amides is 1. The third-order valence-electron chi connectivity index (χ3n) is 5.08. The quantitative estimate of drug-likeness (QED) is 0.556. The predicted molar refractivity (Wildman–Crippen MR) is 119 cm³/mol. The standard InChI is InChI=1S/C24H33N3O2/c1-5-6-7-18-8-10-19(11-9-18)22(16(2)3)26-17(4)24(29)27-21-14-12-20(13-15-21)23(25)28/h8-17,22,26H,5-7H2,1-4H3,(H2,25,28)(H,27,29)/t17-,22+/m0/s1. The van der Waals surface area contributed by atoms with E-state index in [2.05, 4.69) is 55.7 Å². The van der Waals surface area contributed by atoms with Gasteiger partial charge in [-0.3, -0.25) is 14.9 Å². The van der Waals surface area contributed by atoms with Crippen LogP contribution in [0.2, 0.25) is 0 Å². The Hall–Kier alpha value is -2.66. The molecule has 2 aromatic rings. The molecule has 2 aromatic carbocycles. The van der Waals surface area contributed by atoms with E-state index in [0.717, 1.165) is 6.42 Å². The largest absolute Gasteiger partial charge is 0.366 e. The summed E-state index contributed by atoms with van der Waals surface area (Å²) in [6.45, 7) is 8.36. The Bertz CT molecular complexity index is 798. The van der Waals surface area contributed by atoms with E-state index >= 15 is 0 Å². The Kier molecular flexibility index (Phi) is 8.40. The summed E-state index contributed by atoms with van der Waals surface area (Å²) in [5.74, 6) is -0.276. The summed E-state index contributed by atoms with van der Waals surface area (Å²) >= 11 is 0. The van der Waals surface area contributed by atoms with Gasteiger partial charge < -0.3 is 11.1 Å². The molecule has 0 fully saturated rings. The lowest BCUT2D eigenvalue weighted by Crippen LogP contribution is -2.41. The van der Waals surface area contributed by atoms with Gasteiger partial charge in [0.15, 0.2) is 0 Å². The zero-order chi connectivity index (χ0) is 21.4. The molecule has 156 valence electrons. The molecule has 0 radical (unpaired) electrons. The molecule has 5 heteroatoms. The van der Waals surface area contributed by atoms with Crippen LogP contribution in [0.1, 0.15) is 68.1 Å². The van der Waals surface area contributed by atoms with Crippen molar-refractivity contribution >= 4 is 17.5 Å². The molecule has 0 saturated carbocycles. The Morgan fingerprint density at radius 2 is 1.59 bits per heavy atom. The fourth-order valence-electron chi connectivity index (χ4n) is 3.26. The molecule has 4 N–H and O–H groups in total. The van der Waals surface area contributed by atoms with E-state index in [0.29, 0.717) is 17.2 Å². The number of nitrogens with two attached hydrogens (primary N) is 1. The summed E-state index contributed by atoms with van der Waals surface area (Å²) in [7, 11) is 0. The molecule has 5 nitrogen and oxygen atoms in total. The molecular weight excluding hydrogens is 362 g/mol. The fourth-order valence-corrected chi connectivity index (χ4v) is 3.26. The van der Waals surface area contributed by atoms with Crippen LogP contribution in [-0.2, 0) is 11.2 Å². The van der Waals surface area contributed by atoms with Gasteiger partial charge in [-0.05, 0) is 61.1 Å². The Balaban J connectivity index is 2.01. The zero-order valence-corrected chi connectivity index (χ0v) is 17.9. The van der Waals surface area contributed by atoms with Crippen LogP contribution in [0.5, 0.6) is 0 Å². The average Bonchev–Trinajstić information content (AvgIpc) is 2.70. The second-order valence-electron chi connectivity index (χ2n) is 7.89. The van der Waals surface area contributed by atoms with Crippen LogP contribution < -0.4 is 16.4 Å². The first-order valence-electron chi connectivity index (χ1n) is 10.4. The van der Waals surface area contributed by atoms with E-state index in [9.17, 15) is 9.59 Å². The highest BCUT2D eigenvalue weighted by molar-refractivity contribution is 5.96. The van der Waals surface area contributed by atoms with Crippen molar-refractivity contribution in [2.24, 2.45) is 11.7 Å². The van der Waals surface area contributed by atoms with E-state index in [1.807, 2.05) is 6.92 Å². The van der Waals surface area contributed by atoms with Gasteiger partial charge in [-0.15, -0.1) is 0 Å². The Morgan fingerprint density at radius 3 is 2.10 bits per heavy atom. The van der Waals surface area contributed by atoms with Crippen LogP contribution in [-0.4, -0.2) is 17.9 Å². The van der Waals surface area contributed by atoms with Crippen molar-refractivity contribution in [3.05, 3.63) is 65.2 Å². The second-order valence-corrected chi connectivity index (χ2v) is 7.89. The van der Waals surface area contributed by atoms with E-state index in [-0.39, 0.29) is 18.0 Å². The topological polar surface area (TPSA) is 84.2 Å². The van der Waals surface area contributed by atoms with Crippen molar-refractivity contribution in [2.75, 3.05) is 5.32 Å². The molecule has 2 amide bonds. The van der Waals surface area contributed by atoms with Gasteiger partial charge in [0.25, 0.3) is 0 Å². The lowest BCUT2D eigenvalue weighted by atomic mass is 9.93. The number of anilines is 1. The van der Waals surface area contributed by atoms with Crippen LogP contribution in [0.3, 0.4) is 0 Å². The minimum Gasteiger partial charge on any atom is -0.366 e. The molecule has 0 aromatic heterocycles. The number of carbonyl (C=O) groups excluding carboxylic acids is 2. The highest BCUT2D eigenvalue weighted by Crippen LogP contribution is 2.23. The number of unbranched alkanes of at least 4 members (excludes halogenated alkanes) is 1. The summed E-state index contributed by atoms with van der Waals surface area (Å²) in [6, 6.07) is 15.0. The SMILES string of the molecule is CCCCc1ccc([C@H](N[C@@H](C)C(=O)Nc2ccc(C(N)=O)cc2)C(C)C)cc1. The van der Waals surface area contributed by atoms with Crippen LogP contribution in [0.15, 0.2) is 48.5 Å². The number of hydrogen-bond acceptors (Lipinski definition) is 3. The average molecular weight is 396 g/mol. The molecule has 0 aliphatic rings. The van der Waals surface area contributed by atoms with Crippen molar-refractivity contribution in [3.8, 4) is 0 Å². The smallest absolute Gasteiger partial charge is 0.248 e. The lowest BCUT2D eigenvalue weighted by molar-refractivity contribution is -0.118. The molecule has 0 heterocycles. The van der Waals surface area contributed by atoms with Gasteiger partial charge in [-0.1, -0.05) is 51.5 Å². The molecule has 0 saturated heterocycles. The zero-order valence-electron chi connectivity index (χ0n) is 17.9. The van der Waals surface area contributed by atoms with E-state index < -0.39 is 5.91 Å². The number of rotatable bonds is 10. The summed E-state index contributed by atoms with van der Waals surface area (Å²) < 4.78 is 0. The van der Waals surface area contributed by atoms with Crippen LogP contribution >= 0.6 is 0 Å². The molecule has 2 atom stereocenters. The number of amides is 2. The second kappa shape index (κ2) is 10.8. The summed E-state index contributed by atoms with van der Waals surface area (Å²) in [5, 5.41) is 6.34. The summed E-state index contributed by atoms with van der Waals surface area (Å²) in [6.07, 6.45) is 3.49. The van der Waals surface area contributed by atoms with Gasteiger partial charge in [0.2, 0.25) is 11.8 Å². The maximum Gasteiger partial charge on any atom is 0.248 e. The van der Waals surface area contributed by atoms with Gasteiger partial charge in [0.1, 0.15) is 0 Å². The van der Waals surface area contributed by atoms with Crippen LogP contribution in [0.25, 0.3) is 0 Å². The summed E-state index contributed by atoms with van der Waals surface area (Å²) in [4.78, 5) is 23.8. The number of benzene rings is 2. The predicted octanol–water partition coefficient (Wildman–Crippen LogP) is 4.44. The van der Waals surface area contributed by atoms with E-state index in [4.69, 9.17) is 5.73 Å². The van der Waals surface area contributed by atoms with Gasteiger partial charge in [-0.25, -0.2) is 0 Å². The van der Waals surface area contributed by atoms with Gasteiger partial charge in [0.05, 0.1) is 6.04 Å². The summed E-state index contributed by atoms with van der Waals surface area (Å²) in [5.41, 5.74) is 8.83. The molecule has 0 aliphatic heterocycles. The Morgan fingerprint density at radius 1 is 0.966 bits per heavy atom. The first-order valence-corrected chi connectivity index (χ1v) is 10.4. The molecule has 0 aliphatic carbocycles. The van der Waals surface area contributed by atoms with Gasteiger partial charge in [0, 0.05) is 17.3 Å². The molecule has 0 unspecified atom stereocenters. The first-order chi connectivity index (χ1) is 13.8. The Labute approximate surface area is 174 Å². The number of aryl methyl sites for hydroxylation is 1. The normalized spacial score (nSPS) is 13.1. The van der Waals surface area contributed by atoms with Crippen molar-refractivity contribution < 1.29 is 9.59 Å². The maximum absolute atomic E-state index is 12.6. The van der Waals surface area contributed by atoms with Crippen LogP contribution in [0, 0.1) is 5.92 Å². The van der Waals surface area contributed by atoms with Crippen molar-refractivity contribution in [1.29, 1.82) is 0 Å². The molecule has 29 heavy (non-hydrogen) atoms. The third-order valence-corrected chi connectivity index (χ3v) is 5.08. The molecule has 2 rings (SSSR count). The number of nitrogens with one attached hydrogen (secondary N) is 2. The van der Waals surface area contributed by atoms with Crippen molar-refractivity contribution in [2.45, 2.75) is 59.0 Å². The lowest BCUT2D eigenvalue weighted by Gasteiger charge is -2.27. The fraction of sp³-hybridized carbons (Fsp3) is 0.417. The monoisotopic (exact) mass is 395 g/mol. The molecular formula is C24H33N3O2. The highest BCUT2D eigenvalue weighted by Gasteiger charge is 2.22. The van der Waals surface area contributed by atoms with E-state index in [1.54, 1.807) is 24.3 Å². The molecule has 0 bridgehead atoms.